The van der Waals surface area contributed by atoms with Crippen LogP contribution >= 0.6 is 0 Å². The summed E-state index contributed by atoms with van der Waals surface area (Å²) in [5.41, 5.74) is 1.34. The molecule has 0 bridgehead atoms. The Morgan fingerprint density at radius 2 is 2.23 bits per heavy atom. The third kappa shape index (κ3) is 1.45. The van der Waals surface area contributed by atoms with Crippen LogP contribution in [0.15, 0.2) is 11.6 Å². The molecule has 1 fully saturated rings. The SMILES string of the molecule is CC1=C[C@@]2(C)CCCC[C@H]2CC1=O. The molecule has 0 heterocycles. The van der Waals surface area contributed by atoms with Crippen molar-refractivity contribution in [3.63, 3.8) is 0 Å². The molecule has 0 radical (unpaired) electrons. The summed E-state index contributed by atoms with van der Waals surface area (Å²) in [5.74, 6) is 1.02. The van der Waals surface area contributed by atoms with E-state index in [2.05, 4.69) is 13.0 Å². The van der Waals surface area contributed by atoms with Gasteiger partial charge >= 0.3 is 0 Å². The maximum atomic E-state index is 11.5. The van der Waals surface area contributed by atoms with E-state index in [1.807, 2.05) is 6.92 Å². The lowest BCUT2D eigenvalue weighted by molar-refractivity contribution is -0.118. The lowest BCUT2D eigenvalue weighted by atomic mass is 9.62. The van der Waals surface area contributed by atoms with Crippen LogP contribution in [0.3, 0.4) is 0 Å². The second kappa shape index (κ2) is 2.97. The van der Waals surface area contributed by atoms with Crippen LogP contribution in [0.4, 0.5) is 0 Å². The monoisotopic (exact) mass is 178 g/mol. The molecule has 1 saturated carbocycles. The van der Waals surface area contributed by atoms with Crippen LogP contribution in [0.25, 0.3) is 0 Å². The second-order valence-corrected chi connectivity index (χ2v) is 4.90. The quantitative estimate of drug-likeness (QED) is 0.557. The summed E-state index contributed by atoms with van der Waals surface area (Å²) in [4.78, 5) is 11.5. The van der Waals surface area contributed by atoms with Crippen molar-refractivity contribution in [2.45, 2.75) is 46.0 Å². The van der Waals surface area contributed by atoms with Gasteiger partial charge in [-0.15, -0.1) is 0 Å². The standard InChI is InChI=1S/C12H18O/c1-9-8-12(2)6-4-3-5-10(12)7-11(9)13/h8,10H,3-7H2,1-2H3/t10-,12+/m0/s1. The first kappa shape index (κ1) is 8.98. The van der Waals surface area contributed by atoms with Gasteiger partial charge in [0.25, 0.3) is 0 Å². The number of hydrogen-bond donors (Lipinski definition) is 0. The third-order valence-corrected chi connectivity index (χ3v) is 3.87. The Morgan fingerprint density at radius 3 is 3.00 bits per heavy atom. The zero-order chi connectivity index (χ0) is 9.47. The zero-order valence-corrected chi connectivity index (χ0v) is 8.60. The molecule has 2 rings (SSSR count). The van der Waals surface area contributed by atoms with E-state index < -0.39 is 0 Å². The Balaban J connectivity index is 2.30. The molecule has 1 nitrogen and oxygen atoms in total. The van der Waals surface area contributed by atoms with Crippen molar-refractivity contribution in [1.82, 2.24) is 0 Å². The average molecular weight is 178 g/mol. The Hall–Kier alpha value is -0.590. The lowest BCUT2D eigenvalue weighted by Crippen LogP contribution is -2.35. The maximum absolute atomic E-state index is 11.5. The molecule has 0 aromatic rings. The predicted molar refractivity (Wildman–Crippen MR) is 53.4 cm³/mol. The van der Waals surface area contributed by atoms with Crippen LogP contribution in [-0.2, 0) is 4.79 Å². The minimum Gasteiger partial charge on any atom is -0.295 e. The first-order valence-corrected chi connectivity index (χ1v) is 5.34. The second-order valence-electron chi connectivity index (χ2n) is 4.90. The van der Waals surface area contributed by atoms with Crippen LogP contribution in [0.2, 0.25) is 0 Å². The molecule has 2 aliphatic rings. The molecule has 13 heavy (non-hydrogen) atoms. The smallest absolute Gasteiger partial charge is 0.158 e. The largest absolute Gasteiger partial charge is 0.295 e. The van der Waals surface area contributed by atoms with E-state index in [0.29, 0.717) is 17.1 Å². The average Bonchev–Trinajstić information content (AvgIpc) is 2.07. The fourth-order valence-corrected chi connectivity index (χ4v) is 2.92. The molecular weight excluding hydrogens is 160 g/mol. The number of carbonyl (C=O) groups excluding carboxylic acids is 1. The van der Waals surface area contributed by atoms with Gasteiger partial charge in [0.1, 0.15) is 0 Å². The van der Waals surface area contributed by atoms with Crippen molar-refractivity contribution in [2.24, 2.45) is 11.3 Å². The predicted octanol–water partition coefficient (Wildman–Crippen LogP) is 3.10. The Kier molecular flexibility index (Phi) is 2.05. The lowest BCUT2D eigenvalue weighted by Gasteiger charge is -2.42. The van der Waals surface area contributed by atoms with Gasteiger partial charge in [0.2, 0.25) is 0 Å². The fourth-order valence-electron chi connectivity index (χ4n) is 2.92. The Labute approximate surface area is 80.2 Å². The maximum Gasteiger partial charge on any atom is 0.158 e. The van der Waals surface area contributed by atoms with E-state index in [9.17, 15) is 4.79 Å². The number of fused-ring (bicyclic) bond motifs is 1. The summed E-state index contributed by atoms with van der Waals surface area (Å²) in [5, 5.41) is 0. The van der Waals surface area contributed by atoms with Crippen LogP contribution in [0.5, 0.6) is 0 Å². The van der Waals surface area contributed by atoms with Crippen LogP contribution in [0.1, 0.15) is 46.0 Å². The minimum atomic E-state index is 0.343. The highest BCUT2D eigenvalue weighted by Gasteiger charge is 2.39. The fraction of sp³-hybridized carbons (Fsp3) is 0.750. The molecule has 1 heteroatoms. The molecule has 2 atom stereocenters. The molecule has 0 aromatic carbocycles. The normalized spacial score (nSPS) is 39.7. The van der Waals surface area contributed by atoms with Crippen LogP contribution in [-0.4, -0.2) is 5.78 Å². The Morgan fingerprint density at radius 1 is 1.46 bits per heavy atom. The zero-order valence-electron chi connectivity index (χ0n) is 8.60. The van der Waals surface area contributed by atoms with E-state index in [-0.39, 0.29) is 0 Å². The van der Waals surface area contributed by atoms with Gasteiger partial charge in [0.05, 0.1) is 0 Å². The van der Waals surface area contributed by atoms with Crippen LogP contribution < -0.4 is 0 Å². The number of Topliss-reactive ketones (excluding diaryl/α,β-unsaturated/α-hetero) is 1. The van der Waals surface area contributed by atoms with E-state index in [1.54, 1.807) is 0 Å². The highest BCUT2D eigenvalue weighted by Crippen LogP contribution is 2.47. The van der Waals surface area contributed by atoms with Gasteiger partial charge in [-0.25, -0.2) is 0 Å². The highest BCUT2D eigenvalue weighted by molar-refractivity contribution is 5.96. The molecule has 0 aromatic heterocycles. The number of rotatable bonds is 0. The van der Waals surface area contributed by atoms with Gasteiger partial charge < -0.3 is 0 Å². The summed E-state index contributed by atoms with van der Waals surface area (Å²) in [6.45, 7) is 4.30. The van der Waals surface area contributed by atoms with Gasteiger partial charge in [-0.2, -0.15) is 0 Å². The van der Waals surface area contributed by atoms with Crippen molar-refractivity contribution in [3.05, 3.63) is 11.6 Å². The van der Waals surface area contributed by atoms with E-state index in [0.717, 1.165) is 12.0 Å². The molecule has 0 unspecified atom stereocenters. The van der Waals surface area contributed by atoms with Crippen molar-refractivity contribution in [1.29, 1.82) is 0 Å². The van der Waals surface area contributed by atoms with Crippen molar-refractivity contribution < 1.29 is 4.79 Å². The van der Waals surface area contributed by atoms with Crippen molar-refractivity contribution >= 4 is 5.78 Å². The number of ketones is 1. The van der Waals surface area contributed by atoms with E-state index in [4.69, 9.17) is 0 Å². The number of hydrogen-bond acceptors (Lipinski definition) is 1. The molecule has 72 valence electrons. The number of allylic oxidation sites excluding steroid dienone is 2. The van der Waals surface area contributed by atoms with E-state index in [1.165, 1.54) is 25.7 Å². The topological polar surface area (TPSA) is 17.1 Å². The van der Waals surface area contributed by atoms with Gasteiger partial charge in [0, 0.05) is 6.42 Å². The minimum absolute atomic E-state index is 0.343. The Bertz CT molecular complexity index is 264. The van der Waals surface area contributed by atoms with Gasteiger partial charge in [-0.05, 0) is 36.7 Å². The number of carbonyl (C=O) groups is 1. The first-order chi connectivity index (χ1) is 6.12. The van der Waals surface area contributed by atoms with Crippen molar-refractivity contribution in [2.75, 3.05) is 0 Å². The van der Waals surface area contributed by atoms with Crippen LogP contribution in [0, 0.1) is 11.3 Å². The van der Waals surface area contributed by atoms with Crippen molar-refractivity contribution in [3.8, 4) is 0 Å². The van der Waals surface area contributed by atoms with Gasteiger partial charge in [0.15, 0.2) is 5.78 Å². The highest BCUT2D eigenvalue weighted by atomic mass is 16.1. The molecule has 0 saturated heterocycles. The van der Waals surface area contributed by atoms with E-state index >= 15 is 0 Å². The molecule has 0 amide bonds. The van der Waals surface area contributed by atoms with Gasteiger partial charge in [-0.3, -0.25) is 4.79 Å². The molecule has 0 aliphatic heterocycles. The summed E-state index contributed by atoms with van der Waals surface area (Å²) in [6.07, 6.45) is 8.24. The molecule has 0 N–H and O–H groups in total. The summed E-state index contributed by atoms with van der Waals surface area (Å²) in [7, 11) is 0. The first-order valence-electron chi connectivity index (χ1n) is 5.34. The molecule has 2 aliphatic carbocycles. The summed E-state index contributed by atoms with van der Waals surface area (Å²) in [6, 6.07) is 0. The summed E-state index contributed by atoms with van der Waals surface area (Å²) < 4.78 is 0. The van der Waals surface area contributed by atoms with Gasteiger partial charge in [-0.1, -0.05) is 25.8 Å². The third-order valence-electron chi connectivity index (χ3n) is 3.87. The molecule has 0 spiro atoms. The molecular formula is C12H18O. The summed E-state index contributed by atoms with van der Waals surface area (Å²) >= 11 is 0.